The number of likely N-dealkylation sites (tertiary alicyclic amines) is 1. The third kappa shape index (κ3) is 3.74. The molecule has 2 aromatic rings. The molecule has 0 saturated carbocycles. The number of carbonyl (C=O) groups is 1. The van der Waals surface area contributed by atoms with Crippen LogP contribution in [0.4, 0.5) is 0 Å². The Morgan fingerprint density at radius 3 is 2.23 bits per heavy atom. The first-order valence-corrected chi connectivity index (χ1v) is 7.88. The van der Waals surface area contributed by atoms with E-state index >= 15 is 0 Å². The smallest absolute Gasteiger partial charge is 0.338 e. The summed E-state index contributed by atoms with van der Waals surface area (Å²) in [5.74, 6) is -0.237. The molecule has 22 heavy (non-hydrogen) atoms. The fourth-order valence-corrected chi connectivity index (χ4v) is 2.79. The van der Waals surface area contributed by atoms with Gasteiger partial charge in [-0.3, -0.25) is 4.90 Å². The molecule has 0 atom stereocenters. The lowest BCUT2D eigenvalue weighted by molar-refractivity contribution is 0.0472. The van der Waals surface area contributed by atoms with Crippen molar-refractivity contribution in [3.8, 4) is 11.1 Å². The molecule has 1 fully saturated rings. The molecule has 0 unspecified atom stereocenters. The first-order valence-electron chi connectivity index (χ1n) is 7.88. The van der Waals surface area contributed by atoms with Crippen LogP contribution in [0.1, 0.15) is 23.2 Å². The van der Waals surface area contributed by atoms with Crippen LogP contribution in [-0.2, 0) is 4.74 Å². The molecule has 0 N–H and O–H groups in total. The van der Waals surface area contributed by atoms with Crippen molar-refractivity contribution in [2.45, 2.75) is 12.8 Å². The molecular weight excluding hydrogens is 274 g/mol. The van der Waals surface area contributed by atoms with Crippen molar-refractivity contribution in [1.82, 2.24) is 4.90 Å². The maximum absolute atomic E-state index is 12.0. The maximum Gasteiger partial charge on any atom is 0.338 e. The highest BCUT2D eigenvalue weighted by Gasteiger charge is 2.12. The van der Waals surface area contributed by atoms with Crippen LogP contribution in [0.5, 0.6) is 0 Å². The molecule has 3 heteroatoms. The quantitative estimate of drug-likeness (QED) is 0.789. The number of esters is 1. The largest absolute Gasteiger partial charge is 0.461 e. The van der Waals surface area contributed by atoms with Crippen molar-refractivity contribution < 1.29 is 9.53 Å². The summed E-state index contributed by atoms with van der Waals surface area (Å²) in [6, 6.07) is 17.7. The Kier molecular flexibility index (Phi) is 4.86. The van der Waals surface area contributed by atoms with Gasteiger partial charge in [0.2, 0.25) is 0 Å². The minimum Gasteiger partial charge on any atom is -0.461 e. The van der Waals surface area contributed by atoms with Crippen LogP contribution in [0.25, 0.3) is 11.1 Å². The van der Waals surface area contributed by atoms with E-state index in [9.17, 15) is 4.79 Å². The van der Waals surface area contributed by atoms with E-state index in [1.54, 1.807) is 0 Å². The lowest BCUT2D eigenvalue weighted by Crippen LogP contribution is -2.25. The zero-order valence-electron chi connectivity index (χ0n) is 12.7. The van der Waals surface area contributed by atoms with Gasteiger partial charge in [0.05, 0.1) is 5.56 Å². The number of benzene rings is 2. The van der Waals surface area contributed by atoms with Crippen LogP contribution in [-0.4, -0.2) is 37.1 Å². The first kappa shape index (κ1) is 14.8. The Balaban J connectivity index is 1.54. The highest BCUT2D eigenvalue weighted by atomic mass is 16.5. The molecule has 0 spiro atoms. The van der Waals surface area contributed by atoms with Gasteiger partial charge >= 0.3 is 5.97 Å². The minimum atomic E-state index is -0.237. The second-order valence-corrected chi connectivity index (χ2v) is 5.63. The van der Waals surface area contributed by atoms with Gasteiger partial charge < -0.3 is 4.74 Å². The predicted molar refractivity (Wildman–Crippen MR) is 87.8 cm³/mol. The highest BCUT2D eigenvalue weighted by molar-refractivity contribution is 5.90. The number of hydrogen-bond donors (Lipinski definition) is 0. The molecule has 0 aromatic heterocycles. The van der Waals surface area contributed by atoms with E-state index in [0.717, 1.165) is 30.8 Å². The summed E-state index contributed by atoms with van der Waals surface area (Å²) < 4.78 is 5.35. The second kappa shape index (κ2) is 7.23. The molecule has 0 aliphatic carbocycles. The van der Waals surface area contributed by atoms with Gasteiger partial charge in [0.15, 0.2) is 0 Å². The molecule has 3 rings (SSSR count). The van der Waals surface area contributed by atoms with Gasteiger partial charge in [0.25, 0.3) is 0 Å². The Hall–Kier alpha value is -2.13. The first-order chi connectivity index (χ1) is 10.8. The van der Waals surface area contributed by atoms with Crippen LogP contribution in [0, 0.1) is 0 Å². The van der Waals surface area contributed by atoms with Crippen LogP contribution < -0.4 is 0 Å². The number of nitrogens with zero attached hydrogens (tertiary/aromatic N) is 1. The highest BCUT2D eigenvalue weighted by Crippen LogP contribution is 2.19. The van der Waals surface area contributed by atoms with Crippen LogP contribution >= 0.6 is 0 Å². The van der Waals surface area contributed by atoms with Gasteiger partial charge in [-0.15, -0.1) is 0 Å². The maximum atomic E-state index is 12.0. The number of rotatable bonds is 5. The van der Waals surface area contributed by atoms with Crippen LogP contribution in [0.15, 0.2) is 54.6 Å². The fraction of sp³-hybridized carbons (Fsp3) is 0.316. The topological polar surface area (TPSA) is 29.5 Å². The summed E-state index contributed by atoms with van der Waals surface area (Å²) >= 11 is 0. The van der Waals surface area contributed by atoms with Gasteiger partial charge in [-0.2, -0.15) is 0 Å². The molecule has 1 heterocycles. The molecule has 0 amide bonds. The normalized spacial score (nSPS) is 14.9. The molecule has 1 aliphatic heterocycles. The molecule has 0 bridgehead atoms. The fourth-order valence-electron chi connectivity index (χ4n) is 2.79. The van der Waals surface area contributed by atoms with E-state index in [1.807, 2.05) is 42.5 Å². The monoisotopic (exact) mass is 295 g/mol. The number of ether oxygens (including phenoxy) is 1. The van der Waals surface area contributed by atoms with Crippen molar-refractivity contribution in [3.05, 3.63) is 60.2 Å². The van der Waals surface area contributed by atoms with Gasteiger partial charge in [-0.05, 0) is 49.2 Å². The Bertz CT molecular complexity index is 601. The molecule has 114 valence electrons. The van der Waals surface area contributed by atoms with E-state index in [2.05, 4.69) is 17.0 Å². The number of carbonyl (C=O) groups excluding carboxylic acids is 1. The average Bonchev–Trinajstić information content (AvgIpc) is 3.09. The van der Waals surface area contributed by atoms with Crippen molar-refractivity contribution in [2.24, 2.45) is 0 Å². The zero-order chi connectivity index (χ0) is 15.2. The molecular formula is C19H21NO2. The lowest BCUT2D eigenvalue weighted by Gasteiger charge is -2.14. The van der Waals surface area contributed by atoms with Crippen molar-refractivity contribution in [3.63, 3.8) is 0 Å². The van der Waals surface area contributed by atoms with Crippen molar-refractivity contribution in [1.29, 1.82) is 0 Å². The summed E-state index contributed by atoms with van der Waals surface area (Å²) in [5.41, 5.74) is 2.87. The summed E-state index contributed by atoms with van der Waals surface area (Å²) in [6.45, 7) is 3.57. The Morgan fingerprint density at radius 1 is 0.909 bits per heavy atom. The van der Waals surface area contributed by atoms with Gasteiger partial charge in [0, 0.05) is 6.54 Å². The van der Waals surface area contributed by atoms with E-state index in [-0.39, 0.29) is 5.97 Å². The SMILES string of the molecule is O=C(OCCN1CCCC1)c1ccc(-c2ccccc2)cc1. The van der Waals surface area contributed by atoms with E-state index in [4.69, 9.17) is 4.74 Å². The van der Waals surface area contributed by atoms with E-state index in [0.29, 0.717) is 12.2 Å². The predicted octanol–water partition coefficient (Wildman–Crippen LogP) is 3.61. The third-order valence-corrected chi connectivity index (χ3v) is 4.07. The average molecular weight is 295 g/mol. The molecule has 2 aromatic carbocycles. The molecule has 1 aliphatic rings. The van der Waals surface area contributed by atoms with Crippen LogP contribution in [0.3, 0.4) is 0 Å². The summed E-state index contributed by atoms with van der Waals surface area (Å²) in [5, 5.41) is 0. The standard InChI is InChI=1S/C19H21NO2/c21-19(22-15-14-20-12-4-5-13-20)18-10-8-17(9-11-18)16-6-2-1-3-7-16/h1-3,6-11H,4-5,12-15H2. The zero-order valence-corrected chi connectivity index (χ0v) is 12.7. The summed E-state index contributed by atoms with van der Waals surface area (Å²) in [7, 11) is 0. The summed E-state index contributed by atoms with van der Waals surface area (Å²) in [6.07, 6.45) is 2.52. The van der Waals surface area contributed by atoms with E-state index < -0.39 is 0 Å². The summed E-state index contributed by atoms with van der Waals surface area (Å²) in [4.78, 5) is 14.4. The molecule has 0 radical (unpaired) electrons. The van der Waals surface area contributed by atoms with Crippen molar-refractivity contribution in [2.75, 3.05) is 26.2 Å². The Labute approximate surface area is 131 Å². The van der Waals surface area contributed by atoms with Gasteiger partial charge in [-0.25, -0.2) is 4.79 Å². The van der Waals surface area contributed by atoms with Crippen molar-refractivity contribution >= 4 is 5.97 Å². The second-order valence-electron chi connectivity index (χ2n) is 5.63. The third-order valence-electron chi connectivity index (χ3n) is 4.07. The number of hydrogen-bond acceptors (Lipinski definition) is 3. The molecule has 1 saturated heterocycles. The van der Waals surface area contributed by atoms with E-state index in [1.165, 1.54) is 12.8 Å². The van der Waals surface area contributed by atoms with Gasteiger partial charge in [-0.1, -0.05) is 42.5 Å². The van der Waals surface area contributed by atoms with Crippen LogP contribution in [0.2, 0.25) is 0 Å². The van der Waals surface area contributed by atoms with Gasteiger partial charge in [0.1, 0.15) is 6.61 Å². The molecule has 3 nitrogen and oxygen atoms in total. The lowest BCUT2D eigenvalue weighted by atomic mass is 10.0. The Morgan fingerprint density at radius 2 is 1.55 bits per heavy atom. The minimum absolute atomic E-state index is 0.237.